The van der Waals surface area contributed by atoms with E-state index in [0.717, 1.165) is 16.9 Å². The average molecular weight is 419 g/mol. The second-order valence-electron chi connectivity index (χ2n) is 6.86. The number of carbonyl (C=O) groups is 1. The highest BCUT2D eigenvalue weighted by atomic mass is 32.2. The van der Waals surface area contributed by atoms with Crippen LogP contribution >= 0.6 is 0 Å². The van der Waals surface area contributed by atoms with E-state index in [4.69, 9.17) is 4.74 Å². The summed E-state index contributed by atoms with van der Waals surface area (Å²) >= 11 is 0. The number of nitrogens with one attached hydrogen (secondary N) is 1. The number of ether oxygens (including phenoxy) is 1. The summed E-state index contributed by atoms with van der Waals surface area (Å²) in [6.45, 7) is 8.64. The molecule has 7 heteroatoms. The third kappa shape index (κ3) is 6.30. The molecular weight excluding hydrogens is 388 g/mol. The van der Waals surface area contributed by atoms with E-state index in [1.807, 2.05) is 52.0 Å². The molecule has 29 heavy (non-hydrogen) atoms. The molecule has 0 aliphatic heterocycles. The second kappa shape index (κ2) is 10.4. The first-order valence-electron chi connectivity index (χ1n) is 9.86. The van der Waals surface area contributed by atoms with E-state index in [9.17, 15) is 13.2 Å². The molecule has 0 aliphatic rings. The molecule has 0 heterocycles. The molecule has 0 radical (unpaired) electrons. The van der Waals surface area contributed by atoms with Gasteiger partial charge in [-0.2, -0.15) is 4.31 Å². The minimum Gasteiger partial charge on any atom is -0.493 e. The lowest BCUT2D eigenvalue weighted by Gasteiger charge is -2.19. The van der Waals surface area contributed by atoms with Gasteiger partial charge in [-0.3, -0.25) is 4.79 Å². The van der Waals surface area contributed by atoms with E-state index in [1.165, 1.54) is 4.31 Å². The van der Waals surface area contributed by atoms with E-state index in [1.54, 1.807) is 24.3 Å². The Labute approximate surface area is 173 Å². The number of aryl methyl sites for hydroxylation is 1. The zero-order valence-electron chi connectivity index (χ0n) is 17.5. The van der Waals surface area contributed by atoms with Gasteiger partial charge in [-0.1, -0.05) is 38.1 Å². The number of benzene rings is 2. The molecule has 158 valence electrons. The highest BCUT2D eigenvalue weighted by molar-refractivity contribution is 7.89. The smallest absolute Gasteiger partial charge is 0.243 e. The highest BCUT2D eigenvalue weighted by Gasteiger charge is 2.21. The molecule has 0 aliphatic carbocycles. The summed E-state index contributed by atoms with van der Waals surface area (Å²) in [7, 11) is -3.48. The van der Waals surface area contributed by atoms with Crippen LogP contribution < -0.4 is 10.1 Å². The van der Waals surface area contributed by atoms with Gasteiger partial charge in [-0.05, 0) is 49.2 Å². The first-order valence-corrected chi connectivity index (χ1v) is 11.3. The van der Waals surface area contributed by atoms with Crippen LogP contribution in [0.1, 0.15) is 44.4 Å². The molecule has 0 bridgehead atoms. The van der Waals surface area contributed by atoms with Crippen molar-refractivity contribution in [2.75, 3.05) is 19.7 Å². The third-order valence-corrected chi connectivity index (χ3v) is 6.75. The van der Waals surface area contributed by atoms with Crippen molar-refractivity contribution in [1.82, 2.24) is 9.62 Å². The van der Waals surface area contributed by atoms with Crippen LogP contribution in [0.25, 0.3) is 0 Å². The normalized spacial score (nSPS) is 12.6. The molecule has 1 unspecified atom stereocenters. The number of amides is 1. The highest BCUT2D eigenvalue weighted by Crippen LogP contribution is 2.19. The first kappa shape index (κ1) is 22.9. The van der Waals surface area contributed by atoms with E-state index in [0.29, 0.717) is 19.7 Å². The topological polar surface area (TPSA) is 75.7 Å². The van der Waals surface area contributed by atoms with Crippen LogP contribution in [0.15, 0.2) is 53.4 Å². The zero-order chi connectivity index (χ0) is 21.4. The molecule has 1 atom stereocenters. The van der Waals surface area contributed by atoms with Crippen LogP contribution in [0.2, 0.25) is 0 Å². The quantitative estimate of drug-likeness (QED) is 0.639. The van der Waals surface area contributed by atoms with Gasteiger partial charge in [0.1, 0.15) is 5.75 Å². The second-order valence-corrected chi connectivity index (χ2v) is 8.80. The Balaban J connectivity index is 1.90. The van der Waals surface area contributed by atoms with E-state index in [2.05, 4.69) is 5.32 Å². The van der Waals surface area contributed by atoms with Crippen molar-refractivity contribution < 1.29 is 17.9 Å². The molecule has 2 rings (SSSR count). The van der Waals surface area contributed by atoms with Crippen molar-refractivity contribution in [1.29, 1.82) is 0 Å². The largest absolute Gasteiger partial charge is 0.493 e. The fraction of sp³-hybridized carbons (Fsp3) is 0.409. The van der Waals surface area contributed by atoms with Gasteiger partial charge in [-0.25, -0.2) is 8.42 Å². The summed E-state index contributed by atoms with van der Waals surface area (Å²) < 4.78 is 32.1. The number of rotatable bonds is 10. The molecule has 0 aromatic heterocycles. The zero-order valence-corrected chi connectivity index (χ0v) is 18.3. The SMILES string of the molecule is CCN(CC)S(=O)(=O)c1ccc(C(C)NC(=O)CCOc2cccc(C)c2)cc1. The molecule has 1 amide bonds. The summed E-state index contributed by atoms with van der Waals surface area (Å²) in [5, 5.41) is 2.92. The maximum absolute atomic E-state index is 12.6. The Morgan fingerprint density at radius 2 is 1.76 bits per heavy atom. The van der Waals surface area contributed by atoms with Gasteiger partial charge in [0, 0.05) is 13.1 Å². The van der Waals surface area contributed by atoms with Crippen LogP contribution in [0.5, 0.6) is 5.75 Å². The summed E-state index contributed by atoms with van der Waals surface area (Å²) in [5.41, 5.74) is 1.95. The monoisotopic (exact) mass is 418 g/mol. The predicted molar refractivity (Wildman–Crippen MR) is 114 cm³/mol. The summed E-state index contributed by atoms with van der Waals surface area (Å²) in [6.07, 6.45) is 0.243. The lowest BCUT2D eigenvalue weighted by molar-refractivity contribution is -0.122. The summed E-state index contributed by atoms with van der Waals surface area (Å²) in [5.74, 6) is 0.626. The third-order valence-electron chi connectivity index (χ3n) is 4.69. The molecule has 2 aromatic rings. The molecule has 2 aromatic carbocycles. The lowest BCUT2D eigenvalue weighted by atomic mass is 10.1. The first-order chi connectivity index (χ1) is 13.8. The molecule has 0 spiro atoms. The van der Waals surface area contributed by atoms with E-state index < -0.39 is 10.0 Å². The average Bonchev–Trinajstić information content (AvgIpc) is 2.69. The fourth-order valence-corrected chi connectivity index (χ4v) is 4.46. The van der Waals surface area contributed by atoms with Crippen molar-refractivity contribution in [2.24, 2.45) is 0 Å². The van der Waals surface area contributed by atoms with Crippen molar-refractivity contribution >= 4 is 15.9 Å². The van der Waals surface area contributed by atoms with Crippen LogP contribution in [-0.2, 0) is 14.8 Å². The molecule has 0 saturated carbocycles. The van der Waals surface area contributed by atoms with Crippen LogP contribution in [0.3, 0.4) is 0 Å². The minimum atomic E-state index is -3.48. The van der Waals surface area contributed by atoms with Crippen LogP contribution in [0, 0.1) is 6.92 Å². The Kier molecular flexibility index (Phi) is 8.22. The van der Waals surface area contributed by atoms with E-state index >= 15 is 0 Å². The number of carbonyl (C=O) groups excluding carboxylic acids is 1. The maximum atomic E-state index is 12.6. The maximum Gasteiger partial charge on any atom is 0.243 e. The van der Waals surface area contributed by atoms with Gasteiger partial charge >= 0.3 is 0 Å². The van der Waals surface area contributed by atoms with Crippen LogP contribution in [-0.4, -0.2) is 38.3 Å². The number of hydrogen-bond acceptors (Lipinski definition) is 4. The molecule has 1 N–H and O–H groups in total. The number of nitrogens with zero attached hydrogens (tertiary/aromatic N) is 1. The standard InChI is InChI=1S/C22H30N2O4S/c1-5-24(6-2)29(26,27)21-12-10-19(11-13-21)18(4)23-22(25)14-15-28-20-9-7-8-17(3)16-20/h7-13,16,18H,5-6,14-15H2,1-4H3,(H,23,25). The summed E-state index contributed by atoms with van der Waals surface area (Å²) in [6, 6.07) is 14.1. The van der Waals surface area contributed by atoms with E-state index in [-0.39, 0.29) is 23.3 Å². The van der Waals surface area contributed by atoms with Gasteiger partial charge in [0.15, 0.2) is 0 Å². The van der Waals surface area contributed by atoms with Gasteiger partial charge in [0.2, 0.25) is 15.9 Å². The van der Waals surface area contributed by atoms with Gasteiger partial charge < -0.3 is 10.1 Å². The Bertz CT molecular complexity index is 907. The Morgan fingerprint density at radius 1 is 1.10 bits per heavy atom. The predicted octanol–water partition coefficient (Wildman–Crippen LogP) is 3.67. The lowest BCUT2D eigenvalue weighted by Crippen LogP contribution is -2.30. The van der Waals surface area contributed by atoms with Crippen LogP contribution in [0.4, 0.5) is 0 Å². The van der Waals surface area contributed by atoms with Crippen molar-refractivity contribution in [3.63, 3.8) is 0 Å². The van der Waals surface area contributed by atoms with Crippen molar-refractivity contribution in [2.45, 2.75) is 45.1 Å². The van der Waals surface area contributed by atoms with Crippen molar-refractivity contribution in [3.05, 3.63) is 59.7 Å². The fourth-order valence-electron chi connectivity index (χ4n) is 3.00. The van der Waals surface area contributed by atoms with Gasteiger partial charge in [0.05, 0.1) is 24.0 Å². The molecule has 6 nitrogen and oxygen atoms in total. The number of sulfonamides is 1. The summed E-state index contributed by atoms with van der Waals surface area (Å²) in [4.78, 5) is 12.4. The van der Waals surface area contributed by atoms with Gasteiger partial charge in [0.25, 0.3) is 0 Å². The minimum absolute atomic E-state index is 0.120. The Hall–Kier alpha value is -2.38. The van der Waals surface area contributed by atoms with Gasteiger partial charge in [-0.15, -0.1) is 0 Å². The number of hydrogen-bond donors (Lipinski definition) is 1. The molecule has 0 saturated heterocycles. The molecular formula is C22H30N2O4S. The van der Waals surface area contributed by atoms with Crippen molar-refractivity contribution in [3.8, 4) is 5.75 Å². The molecule has 0 fully saturated rings. The Morgan fingerprint density at radius 3 is 2.34 bits per heavy atom.